The van der Waals surface area contributed by atoms with Gasteiger partial charge in [-0.25, -0.2) is 4.79 Å². The predicted octanol–water partition coefficient (Wildman–Crippen LogP) is 3.29. The zero-order chi connectivity index (χ0) is 15.8. The minimum absolute atomic E-state index is 0.168. The molecule has 2 bridgehead atoms. The van der Waals surface area contributed by atoms with Crippen LogP contribution >= 0.6 is 0 Å². The second-order valence-electron chi connectivity index (χ2n) is 7.42. The highest BCUT2D eigenvalue weighted by Crippen LogP contribution is 2.59. The van der Waals surface area contributed by atoms with Gasteiger partial charge in [0.15, 0.2) is 5.60 Å². The Morgan fingerprint density at radius 2 is 2.23 bits per heavy atom. The van der Waals surface area contributed by atoms with Gasteiger partial charge in [-0.15, -0.1) is 0 Å². The normalized spacial score (nSPS) is 42.9. The molecular formula is C18H28O4. The van der Waals surface area contributed by atoms with Gasteiger partial charge in [-0.1, -0.05) is 31.4 Å². The van der Waals surface area contributed by atoms with Gasteiger partial charge in [0.1, 0.15) is 0 Å². The standard InChI is InChI=1S/C18H28O4/c1-2-3-4-5-13-6-8-17-10-11-22-15(12-17)18(21,16(19)20)9-7-14(13)17/h5,14-15,21H,2-4,6-12H2,1H3,(H,19,20)/b13-5+/t14-,15-,17-,18+/m0/s1. The van der Waals surface area contributed by atoms with E-state index >= 15 is 0 Å². The molecule has 0 amide bonds. The van der Waals surface area contributed by atoms with Crippen molar-refractivity contribution in [3.05, 3.63) is 11.6 Å². The van der Waals surface area contributed by atoms with Gasteiger partial charge >= 0.3 is 5.97 Å². The van der Waals surface area contributed by atoms with Crippen molar-refractivity contribution in [3.63, 3.8) is 0 Å². The van der Waals surface area contributed by atoms with Crippen LogP contribution in [0.1, 0.15) is 64.7 Å². The minimum Gasteiger partial charge on any atom is -0.479 e. The zero-order valence-corrected chi connectivity index (χ0v) is 13.5. The molecule has 0 aromatic heterocycles. The summed E-state index contributed by atoms with van der Waals surface area (Å²) in [6.45, 7) is 2.79. The van der Waals surface area contributed by atoms with Crippen LogP contribution in [0.2, 0.25) is 0 Å². The largest absolute Gasteiger partial charge is 0.479 e. The quantitative estimate of drug-likeness (QED) is 0.618. The average Bonchev–Trinajstić information content (AvgIpc) is 2.78. The zero-order valence-electron chi connectivity index (χ0n) is 13.5. The molecule has 124 valence electrons. The van der Waals surface area contributed by atoms with E-state index in [-0.39, 0.29) is 5.41 Å². The van der Waals surface area contributed by atoms with Gasteiger partial charge in [-0.05, 0) is 56.3 Å². The van der Waals surface area contributed by atoms with E-state index in [1.165, 1.54) is 18.4 Å². The predicted molar refractivity (Wildman–Crippen MR) is 83.6 cm³/mol. The Kier molecular flexibility index (Phi) is 4.34. The number of allylic oxidation sites excluding steroid dienone is 2. The topological polar surface area (TPSA) is 66.8 Å². The van der Waals surface area contributed by atoms with Crippen LogP contribution in [-0.2, 0) is 9.53 Å². The Bertz CT molecular complexity index is 472. The Morgan fingerprint density at radius 3 is 2.95 bits per heavy atom. The highest BCUT2D eigenvalue weighted by Gasteiger charge is 2.58. The molecule has 2 saturated carbocycles. The summed E-state index contributed by atoms with van der Waals surface area (Å²) in [6.07, 6.45) is 10.5. The molecule has 1 spiro atoms. The van der Waals surface area contributed by atoms with Crippen LogP contribution in [0.5, 0.6) is 0 Å². The van der Waals surface area contributed by atoms with E-state index < -0.39 is 17.7 Å². The first kappa shape index (κ1) is 16.0. The summed E-state index contributed by atoms with van der Waals surface area (Å²) in [7, 11) is 0. The number of aliphatic carboxylic acids is 1. The molecular weight excluding hydrogens is 280 g/mol. The number of ether oxygens (including phenoxy) is 1. The second kappa shape index (κ2) is 5.97. The maximum absolute atomic E-state index is 11.6. The molecule has 3 fully saturated rings. The molecule has 0 aromatic rings. The van der Waals surface area contributed by atoms with Crippen molar-refractivity contribution in [2.45, 2.75) is 76.4 Å². The fourth-order valence-electron chi connectivity index (χ4n) is 4.92. The van der Waals surface area contributed by atoms with E-state index in [0.29, 0.717) is 25.4 Å². The van der Waals surface area contributed by atoms with Gasteiger partial charge in [0.2, 0.25) is 0 Å². The summed E-state index contributed by atoms with van der Waals surface area (Å²) >= 11 is 0. The number of hydrogen-bond donors (Lipinski definition) is 2. The number of carbonyl (C=O) groups is 1. The van der Waals surface area contributed by atoms with E-state index in [0.717, 1.165) is 32.1 Å². The molecule has 3 aliphatic rings. The van der Waals surface area contributed by atoms with Gasteiger partial charge < -0.3 is 14.9 Å². The number of rotatable bonds is 4. The van der Waals surface area contributed by atoms with Crippen LogP contribution < -0.4 is 0 Å². The number of fused-ring (bicyclic) bond motifs is 1. The molecule has 22 heavy (non-hydrogen) atoms. The lowest BCUT2D eigenvalue weighted by atomic mass is 9.69. The number of carboxylic acids is 1. The fourth-order valence-corrected chi connectivity index (χ4v) is 4.92. The summed E-state index contributed by atoms with van der Waals surface area (Å²) in [5.74, 6) is -0.671. The van der Waals surface area contributed by atoms with Crippen molar-refractivity contribution >= 4 is 5.97 Å². The maximum Gasteiger partial charge on any atom is 0.338 e. The Labute approximate surface area is 132 Å². The summed E-state index contributed by atoms with van der Waals surface area (Å²) < 4.78 is 5.69. The third kappa shape index (κ3) is 2.50. The highest BCUT2D eigenvalue weighted by molar-refractivity contribution is 5.78. The first-order valence-electron chi connectivity index (χ1n) is 8.78. The molecule has 2 aliphatic carbocycles. The summed E-state index contributed by atoms with van der Waals surface area (Å²) in [5, 5.41) is 20.1. The van der Waals surface area contributed by atoms with Crippen LogP contribution in [0.4, 0.5) is 0 Å². The van der Waals surface area contributed by atoms with Crippen molar-refractivity contribution in [3.8, 4) is 0 Å². The molecule has 0 unspecified atom stereocenters. The highest BCUT2D eigenvalue weighted by atomic mass is 16.5. The number of hydrogen-bond acceptors (Lipinski definition) is 3. The lowest BCUT2D eigenvalue weighted by molar-refractivity contribution is -0.187. The van der Waals surface area contributed by atoms with Crippen molar-refractivity contribution in [1.29, 1.82) is 0 Å². The van der Waals surface area contributed by atoms with Crippen LogP contribution in [0.15, 0.2) is 11.6 Å². The monoisotopic (exact) mass is 308 g/mol. The van der Waals surface area contributed by atoms with E-state index in [1.54, 1.807) is 0 Å². The van der Waals surface area contributed by atoms with E-state index in [1.807, 2.05) is 0 Å². The first-order chi connectivity index (χ1) is 10.5. The summed E-state index contributed by atoms with van der Waals surface area (Å²) in [4.78, 5) is 11.6. The molecule has 1 heterocycles. The molecule has 4 heteroatoms. The average molecular weight is 308 g/mol. The molecule has 3 rings (SSSR count). The number of carboxylic acid groups (broad SMARTS) is 1. The van der Waals surface area contributed by atoms with Gasteiger partial charge in [0.25, 0.3) is 0 Å². The van der Waals surface area contributed by atoms with Crippen LogP contribution in [0, 0.1) is 11.3 Å². The van der Waals surface area contributed by atoms with Crippen molar-refractivity contribution in [2.75, 3.05) is 6.61 Å². The molecule has 1 aliphatic heterocycles. The SMILES string of the molecule is CCCC/C=C1\CC[C@]23CCO[C@@H](C2)[C@@](O)(C(=O)O)CC[C@@H]13. The second-order valence-corrected chi connectivity index (χ2v) is 7.42. The lowest BCUT2D eigenvalue weighted by Gasteiger charge is -2.42. The summed E-state index contributed by atoms with van der Waals surface area (Å²) in [6, 6.07) is 0. The fraction of sp³-hybridized carbons (Fsp3) is 0.833. The van der Waals surface area contributed by atoms with Gasteiger partial charge in [0.05, 0.1) is 6.10 Å². The first-order valence-corrected chi connectivity index (χ1v) is 8.78. The van der Waals surface area contributed by atoms with Crippen molar-refractivity contribution < 1.29 is 19.7 Å². The molecule has 4 atom stereocenters. The van der Waals surface area contributed by atoms with Gasteiger partial charge in [-0.2, -0.15) is 0 Å². The third-order valence-electron chi connectivity index (χ3n) is 6.29. The summed E-state index contributed by atoms with van der Waals surface area (Å²) in [5.41, 5.74) is -0.0172. The van der Waals surface area contributed by atoms with Gasteiger partial charge in [0, 0.05) is 6.61 Å². The van der Waals surface area contributed by atoms with Crippen molar-refractivity contribution in [1.82, 2.24) is 0 Å². The Hall–Kier alpha value is -0.870. The third-order valence-corrected chi connectivity index (χ3v) is 6.29. The molecule has 1 saturated heterocycles. The van der Waals surface area contributed by atoms with E-state index in [2.05, 4.69) is 13.0 Å². The van der Waals surface area contributed by atoms with E-state index in [4.69, 9.17) is 4.74 Å². The van der Waals surface area contributed by atoms with Crippen molar-refractivity contribution in [2.24, 2.45) is 11.3 Å². The smallest absolute Gasteiger partial charge is 0.338 e. The maximum atomic E-state index is 11.6. The molecule has 2 N–H and O–H groups in total. The Morgan fingerprint density at radius 1 is 1.41 bits per heavy atom. The molecule has 0 aromatic carbocycles. The molecule has 0 radical (unpaired) electrons. The molecule has 4 nitrogen and oxygen atoms in total. The lowest BCUT2D eigenvalue weighted by Crippen LogP contribution is -2.53. The number of aliphatic hydroxyl groups is 1. The minimum atomic E-state index is -1.70. The van der Waals surface area contributed by atoms with Crippen LogP contribution in [0.3, 0.4) is 0 Å². The van der Waals surface area contributed by atoms with Gasteiger partial charge in [-0.3, -0.25) is 0 Å². The van der Waals surface area contributed by atoms with Crippen LogP contribution in [-0.4, -0.2) is 34.5 Å². The number of unbranched alkanes of at least 4 members (excludes halogenated alkanes) is 2. The Balaban J connectivity index is 1.86. The van der Waals surface area contributed by atoms with E-state index in [9.17, 15) is 15.0 Å². The van der Waals surface area contributed by atoms with Crippen LogP contribution in [0.25, 0.3) is 0 Å².